The highest BCUT2D eigenvalue weighted by molar-refractivity contribution is 5.85. The van der Waals surface area contributed by atoms with Gasteiger partial charge < -0.3 is 14.6 Å². The highest BCUT2D eigenvalue weighted by atomic mass is 35.5. The van der Waals surface area contributed by atoms with Crippen molar-refractivity contribution in [1.82, 2.24) is 15.5 Å². The Balaban J connectivity index is 0.000000963. The number of nitrogens with zero attached hydrogens (tertiary/aromatic N) is 2. The van der Waals surface area contributed by atoms with E-state index in [0.29, 0.717) is 0 Å². The largest absolute Gasteiger partial charge is 0.370 e. The third kappa shape index (κ3) is 2.21. The van der Waals surface area contributed by atoms with E-state index in [4.69, 9.17) is 9.26 Å². The summed E-state index contributed by atoms with van der Waals surface area (Å²) in [6, 6.07) is 0.257. The number of nitrogens with one attached hydrogen (secondary N) is 1. The van der Waals surface area contributed by atoms with Crippen molar-refractivity contribution < 1.29 is 9.26 Å². The van der Waals surface area contributed by atoms with Crippen LogP contribution in [0.1, 0.15) is 49.5 Å². The van der Waals surface area contributed by atoms with Gasteiger partial charge in [0.15, 0.2) is 0 Å². The normalized spacial score (nSPS) is 29.2. The second kappa shape index (κ2) is 5.12. The summed E-state index contributed by atoms with van der Waals surface area (Å²) in [6.45, 7) is 1.86. The maximum absolute atomic E-state index is 5.51. The molecule has 2 fully saturated rings. The van der Waals surface area contributed by atoms with Crippen molar-refractivity contribution in [3.8, 4) is 0 Å². The molecule has 6 heteroatoms. The van der Waals surface area contributed by atoms with E-state index in [1.165, 1.54) is 6.42 Å². The van der Waals surface area contributed by atoms with Gasteiger partial charge in [0, 0.05) is 6.61 Å². The van der Waals surface area contributed by atoms with Crippen LogP contribution >= 0.6 is 12.4 Å². The summed E-state index contributed by atoms with van der Waals surface area (Å²) < 4.78 is 10.8. The lowest BCUT2D eigenvalue weighted by Gasteiger charge is -2.03. The van der Waals surface area contributed by atoms with Crippen molar-refractivity contribution in [2.24, 2.45) is 0 Å². The van der Waals surface area contributed by atoms with Crippen LogP contribution in [-0.2, 0) is 4.74 Å². The zero-order valence-corrected chi connectivity index (χ0v) is 9.83. The Bertz CT molecular complexity index is 302. The van der Waals surface area contributed by atoms with Crippen molar-refractivity contribution in [1.29, 1.82) is 0 Å². The van der Waals surface area contributed by atoms with Gasteiger partial charge in [0.05, 0.1) is 6.04 Å². The number of aromatic nitrogens is 2. The SMILES string of the molecule is C1COC(c2noc([C@@H]3CCCN3)n2)C1.Cl. The molecule has 3 heterocycles. The van der Waals surface area contributed by atoms with E-state index >= 15 is 0 Å². The molecule has 1 aromatic rings. The molecule has 1 N–H and O–H groups in total. The van der Waals surface area contributed by atoms with Crippen LogP contribution < -0.4 is 5.32 Å². The van der Waals surface area contributed by atoms with Gasteiger partial charge in [-0.1, -0.05) is 5.16 Å². The van der Waals surface area contributed by atoms with Crippen LogP contribution in [0.5, 0.6) is 0 Å². The van der Waals surface area contributed by atoms with Crippen molar-refractivity contribution in [3.05, 3.63) is 11.7 Å². The fraction of sp³-hybridized carbons (Fsp3) is 0.800. The topological polar surface area (TPSA) is 60.2 Å². The Morgan fingerprint density at radius 3 is 2.88 bits per heavy atom. The molecule has 0 bridgehead atoms. The number of hydrogen-bond donors (Lipinski definition) is 1. The van der Waals surface area contributed by atoms with Gasteiger partial charge in [-0.15, -0.1) is 12.4 Å². The quantitative estimate of drug-likeness (QED) is 0.861. The van der Waals surface area contributed by atoms with E-state index in [9.17, 15) is 0 Å². The molecule has 0 saturated carbocycles. The number of ether oxygens (including phenoxy) is 1. The first-order chi connectivity index (χ1) is 7.43. The fourth-order valence-corrected chi connectivity index (χ4v) is 2.20. The first-order valence-corrected chi connectivity index (χ1v) is 5.62. The second-order valence-electron chi connectivity index (χ2n) is 4.14. The highest BCUT2D eigenvalue weighted by Gasteiger charge is 2.27. The minimum atomic E-state index is 0. The molecule has 0 amide bonds. The molecule has 5 nitrogen and oxygen atoms in total. The zero-order chi connectivity index (χ0) is 10.1. The van der Waals surface area contributed by atoms with Gasteiger partial charge in [-0.2, -0.15) is 4.98 Å². The summed E-state index contributed by atoms with van der Waals surface area (Å²) in [4.78, 5) is 4.41. The summed E-state index contributed by atoms with van der Waals surface area (Å²) >= 11 is 0. The summed E-state index contributed by atoms with van der Waals surface area (Å²) in [7, 11) is 0. The van der Waals surface area contributed by atoms with Crippen LogP contribution in [0, 0.1) is 0 Å². The minimum absolute atomic E-state index is 0. The van der Waals surface area contributed by atoms with Gasteiger partial charge in [0.2, 0.25) is 11.7 Å². The Labute approximate surface area is 100 Å². The second-order valence-corrected chi connectivity index (χ2v) is 4.14. The van der Waals surface area contributed by atoms with E-state index in [2.05, 4.69) is 15.5 Å². The molecule has 16 heavy (non-hydrogen) atoms. The van der Waals surface area contributed by atoms with Gasteiger partial charge >= 0.3 is 0 Å². The molecule has 0 radical (unpaired) electrons. The fourth-order valence-electron chi connectivity index (χ4n) is 2.20. The van der Waals surface area contributed by atoms with E-state index < -0.39 is 0 Å². The molecule has 0 aromatic carbocycles. The smallest absolute Gasteiger partial charge is 0.243 e. The maximum Gasteiger partial charge on any atom is 0.243 e. The van der Waals surface area contributed by atoms with Gasteiger partial charge in [-0.25, -0.2) is 0 Å². The van der Waals surface area contributed by atoms with E-state index in [-0.39, 0.29) is 24.6 Å². The predicted molar refractivity (Wildman–Crippen MR) is 59.5 cm³/mol. The van der Waals surface area contributed by atoms with Crippen molar-refractivity contribution in [2.75, 3.05) is 13.2 Å². The molecule has 1 unspecified atom stereocenters. The molecule has 2 aliphatic heterocycles. The first-order valence-electron chi connectivity index (χ1n) is 5.62. The Morgan fingerprint density at radius 1 is 1.25 bits per heavy atom. The first kappa shape index (κ1) is 11.8. The van der Waals surface area contributed by atoms with Gasteiger partial charge in [0.25, 0.3) is 0 Å². The molecule has 2 saturated heterocycles. The summed E-state index contributed by atoms with van der Waals surface area (Å²) in [5.74, 6) is 1.44. The summed E-state index contributed by atoms with van der Waals surface area (Å²) in [6.07, 6.45) is 4.44. The van der Waals surface area contributed by atoms with Crippen LogP contribution in [0.15, 0.2) is 4.52 Å². The molecule has 0 aliphatic carbocycles. The standard InChI is InChI=1S/C10H15N3O2.ClH/c1-3-7(11-5-1)10-12-9(13-15-10)8-4-2-6-14-8;/h7-8,11H,1-6H2;1H/t7-,8?;/m0./s1. The molecule has 1 aromatic heterocycles. The molecule has 2 aliphatic rings. The van der Waals surface area contributed by atoms with E-state index in [0.717, 1.165) is 44.1 Å². The lowest BCUT2D eigenvalue weighted by Crippen LogP contribution is -2.13. The van der Waals surface area contributed by atoms with Crippen LogP contribution in [0.2, 0.25) is 0 Å². The van der Waals surface area contributed by atoms with Crippen LogP contribution in [0.25, 0.3) is 0 Å². The van der Waals surface area contributed by atoms with Crippen molar-refractivity contribution in [3.63, 3.8) is 0 Å². The molecular weight excluding hydrogens is 230 g/mol. The summed E-state index contributed by atoms with van der Waals surface area (Å²) in [5, 5.41) is 7.33. The lowest BCUT2D eigenvalue weighted by atomic mass is 10.2. The highest BCUT2D eigenvalue weighted by Crippen LogP contribution is 2.28. The predicted octanol–water partition coefficient (Wildman–Crippen LogP) is 1.77. The van der Waals surface area contributed by atoms with Crippen molar-refractivity contribution >= 4 is 12.4 Å². The average Bonchev–Trinajstić information content (AvgIpc) is 3.02. The minimum Gasteiger partial charge on any atom is -0.370 e. The third-order valence-electron chi connectivity index (χ3n) is 3.03. The number of hydrogen-bond acceptors (Lipinski definition) is 5. The monoisotopic (exact) mass is 245 g/mol. The van der Waals surface area contributed by atoms with E-state index in [1.807, 2.05) is 0 Å². The molecular formula is C10H16ClN3O2. The summed E-state index contributed by atoms with van der Waals surface area (Å²) in [5.41, 5.74) is 0. The van der Waals surface area contributed by atoms with Gasteiger partial charge in [-0.3, -0.25) is 0 Å². The average molecular weight is 246 g/mol. The van der Waals surface area contributed by atoms with Crippen molar-refractivity contribution in [2.45, 2.75) is 37.8 Å². The maximum atomic E-state index is 5.51. The van der Waals surface area contributed by atoms with Gasteiger partial charge in [-0.05, 0) is 32.2 Å². The Hall–Kier alpha value is -0.650. The molecule has 2 atom stereocenters. The Morgan fingerprint density at radius 2 is 2.19 bits per heavy atom. The zero-order valence-electron chi connectivity index (χ0n) is 9.02. The number of halogens is 1. The molecule has 90 valence electrons. The molecule has 0 spiro atoms. The van der Waals surface area contributed by atoms with Crippen LogP contribution in [0.3, 0.4) is 0 Å². The number of rotatable bonds is 2. The van der Waals surface area contributed by atoms with Crippen LogP contribution in [-0.4, -0.2) is 23.3 Å². The third-order valence-corrected chi connectivity index (χ3v) is 3.03. The lowest BCUT2D eigenvalue weighted by molar-refractivity contribution is 0.103. The van der Waals surface area contributed by atoms with Gasteiger partial charge in [0.1, 0.15) is 6.10 Å². The van der Waals surface area contributed by atoms with E-state index in [1.54, 1.807) is 0 Å². The Kier molecular flexibility index (Phi) is 3.78. The van der Waals surface area contributed by atoms with Crippen LogP contribution in [0.4, 0.5) is 0 Å². The molecule has 3 rings (SSSR count).